The zero-order valence-corrected chi connectivity index (χ0v) is 11.0. The van der Waals surface area contributed by atoms with Crippen LogP contribution in [0.1, 0.15) is 24.0 Å². The Balaban J connectivity index is 1.86. The fraction of sp³-hybridized carbons (Fsp3) is 0.600. The van der Waals surface area contributed by atoms with Gasteiger partial charge in [-0.1, -0.05) is 12.1 Å². The molecule has 0 aromatic heterocycles. The van der Waals surface area contributed by atoms with Crippen LogP contribution in [0, 0.1) is 0 Å². The predicted molar refractivity (Wildman–Crippen MR) is 71.3 cm³/mol. The Morgan fingerprint density at radius 1 is 1.33 bits per heavy atom. The third-order valence-electron chi connectivity index (χ3n) is 4.13. The van der Waals surface area contributed by atoms with Crippen molar-refractivity contribution in [1.82, 2.24) is 5.32 Å². The molecule has 1 N–H and O–H groups in total. The maximum atomic E-state index is 5.68. The molecule has 3 heteroatoms. The van der Waals surface area contributed by atoms with E-state index < -0.39 is 0 Å². The van der Waals surface area contributed by atoms with E-state index in [0.717, 1.165) is 51.4 Å². The van der Waals surface area contributed by atoms with Crippen LogP contribution in [0.2, 0.25) is 0 Å². The van der Waals surface area contributed by atoms with Crippen LogP contribution in [0.15, 0.2) is 18.2 Å². The van der Waals surface area contributed by atoms with Gasteiger partial charge in [-0.15, -0.1) is 0 Å². The fourth-order valence-corrected chi connectivity index (χ4v) is 2.86. The van der Waals surface area contributed by atoms with Gasteiger partial charge in [0, 0.05) is 5.41 Å². The van der Waals surface area contributed by atoms with Crippen molar-refractivity contribution in [2.45, 2.75) is 24.7 Å². The molecule has 0 amide bonds. The zero-order valence-electron chi connectivity index (χ0n) is 11.0. The molecule has 2 aliphatic rings. The van der Waals surface area contributed by atoms with Gasteiger partial charge in [0.05, 0.1) is 19.8 Å². The summed E-state index contributed by atoms with van der Waals surface area (Å²) in [6.45, 7) is 3.61. The largest absolute Gasteiger partial charge is 0.493 e. The Kier molecular flexibility index (Phi) is 3.27. The highest BCUT2D eigenvalue weighted by atomic mass is 16.5. The molecule has 1 saturated heterocycles. The zero-order chi connectivity index (χ0) is 12.4. The monoisotopic (exact) mass is 247 g/mol. The molecule has 98 valence electrons. The number of aryl methyl sites for hydroxylation is 1. The topological polar surface area (TPSA) is 30.5 Å². The summed E-state index contributed by atoms with van der Waals surface area (Å²) >= 11 is 0. The van der Waals surface area contributed by atoms with Crippen molar-refractivity contribution in [1.29, 1.82) is 0 Å². The van der Waals surface area contributed by atoms with Gasteiger partial charge in [-0.05, 0) is 50.0 Å². The van der Waals surface area contributed by atoms with Crippen LogP contribution in [0.5, 0.6) is 5.75 Å². The fourth-order valence-electron chi connectivity index (χ4n) is 2.86. The van der Waals surface area contributed by atoms with Crippen molar-refractivity contribution in [2.24, 2.45) is 0 Å². The molecule has 0 bridgehead atoms. The number of hydrogen-bond acceptors (Lipinski definition) is 3. The third-order valence-corrected chi connectivity index (χ3v) is 4.13. The first-order chi connectivity index (χ1) is 8.84. The van der Waals surface area contributed by atoms with E-state index in [1.54, 1.807) is 0 Å². The number of nitrogens with one attached hydrogen (secondary N) is 1. The number of fused-ring (bicyclic) bond motifs is 1. The minimum Gasteiger partial charge on any atom is -0.493 e. The molecule has 1 aromatic rings. The van der Waals surface area contributed by atoms with E-state index in [1.165, 1.54) is 11.1 Å². The van der Waals surface area contributed by atoms with Crippen LogP contribution >= 0.6 is 0 Å². The second-order valence-corrected chi connectivity index (χ2v) is 5.40. The number of benzene rings is 1. The van der Waals surface area contributed by atoms with Gasteiger partial charge in [-0.3, -0.25) is 0 Å². The van der Waals surface area contributed by atoms with E-state index in [1.807, 2.05) is 7.05 Å². The molecule has 18 heavy (non-hydrogen) atoms. The van der Waals surface area contributed by atoms with Crippen LogP contribution in [0.3, 0.4) is 0 Å². The molecule has 1 aromatic carbocycles. The Morgan fingerprint density at radius 3 is 2.94 bits per heavy atom. The summed E-state index contributed by atoms with van der Waals surface area (Å²) in [5.41, 5.74) is 3.03. The van der Waals surface area contributed by atoms with Crippen molar-refractivity contribution >= 4 is 0 Å². The number of rotatable bonds is 4. The Bertz CT molecular complexity index is 427. The first-order valence-corrected chi connectivity index (χ1v) is 6.83. The van der Waals surface area contributed by atoms with E-state index in [0.29, 0.717) is 0 Å². The van der Waals surface area contributed by atoms with Gasteiger partial charge >= 0.3 is 0 Å². The van der Waals surface area contributed by atoms with Gasteiger partial charge in [0.15, 0.2) is 0 Å². The summed E-state index contributed by atoms with van der Waals surface area (Å²) in [6, 6.07) is 6.71. The van der Waals surface area contributed by atoms with Crippen LogP contribution in [-0.4, -0.2) is 33.4 Å². The minimum atomic E-state index is 0.232. The average molecular weight is 247 g/mol. The molecule has 1 fully saturated rings. The quantitative estimate of drug-likeness (QED) is 0.881. The maximum Gasteiger partial charge on any atom is 0.122 e. The predicted octanol–water partition coefficient (Wildman–Crippen LogP) is 1.89. The summed E-state index contributed by atoms with van der Waals surface area (Å²) in [5.74, 6) is 1.08. The van der Waals surface area contributed by atoms with E-state index in [9.17, 15) is 0 Å². The van der Waals surface area contributed by atoms with Gasteiger partial charge < -0.3 is 14.8 Å². The average Bonchev–Trinajstić information content (AvgIpc) is 2.37. The van der Waals surface area contributed by atoms with Crippen LogP contribution in [0.4, 0.5) is 0 Å². The number of ether oxygens (including phenoxy) is 2. The maximum absolute atomic E-state index is 5.68. The molecular weight excluding hydrogens is 226 g/mol. The molecule has 3 nitrogen and oxygen atoms in total. The second-order valence-electron chi connectivity index (χ2n) is 5.40. The first-order valence-electron chi connectivity index (χ1n) is 6.83. The Labute approximate surface area is 108 Å². The summed E-state index contributed by atoms with van der Waals surface area (Å²) in [4.78, 5) is 0. The van der Waals surface area contributed by atoms with Crippen molar-refractivity contribution in [3.8, 4) is 5.75 Å². The smallest absolute Gasteiger partial charge is 0.122 e. The summed E-state index contributed by atoms with van der Waals surface area (Å²) in [7, 11) is 2.01. The molecule has 0 aliphatic carbocycles. The third kappa shape index (κ3) is 2.02. The summed E-state index contributed by atoms with van der Waals surface area (Å²) in [6.07, 6.45) is 3.42. The lowest BCUT2D eigenvalue weighted by atomic mass is 9.75. The van der Waals surface area contributed by atoms with Crippen molar-refractivity contribution in [2.75, 3.05) is 33.4 Å². The normalized spacial score (nSPS) is 20.7. The Hall–Kier alpha value is -1.06. The molecule has 0 atom stereocenters. The molecule has 0 radical (unpaired) electrons. The SMILES string of the molecule is CNCCC1(c2ccc3c(c2)CCCO3)COC1. The minimum absolute atomic E-state index is 0.232. The lowest BCUT2D eigenvalue weighted by Crippen LogP contribution is -2.48. The highest BCUT2D eigenvalue weighted by Gasteiger charge is 2.40. The van der Waals surface area contributed by atoms with Gasteiger partial charge in [0.1, 0.15) is 5.75 Å². The molecule has 2 aliphatic heterocycles. The van der Waals surface area contributed by atoms with E-state index in [-0.39, 0.29) is 5.41 Å². The van der Waals surface area contributed by atoms with E-state index >= 15 is 0 Å². The lowest BCUT2D eigenvalue weighted by molar-refractivity contribution is -0.0638. The molecular formula is C15H21NO2. The molecule has 0 unspecified atom stereocenters. The standard InChI is InChI=1S/C15H21NO2/c1-16-7-6-15(10-17-11-15)13-4-5-14-12(9-13)3-2-8-18-14/h4-5,9,16H,2-3,6-8,10-11H2,1H3. The lowest BCUT2D eigenvalue weighted by Gasteiger charge is -2.42. The van der Waals surface area contributed by atoms with Crippen LogP contribution in [-0.2, 0) is 16.6 Å². The van der Waals surface area contributed by atoms with Crippen molar-refractivity contribution in [3.63, 3.8) is 0 Å². The highest BCUT2D eigenvalue weighted by molar-refractivity contribution is 5.42. The second kappa shape index (κ2) is 4.90. The Morgan fingerprint density at radius 2 is 2.22 bits per heavy atom. The van der Waals surface area contributed by atoms with Crippen molar-refractivity contribution in [3.05, 3.63) is 29.3 Å². The first kappa shape index (κ1) is 12.0. The van der Waals surface area contributed by atoms with Crippen LogP contribution < -0.4 is 10.1 Å². The summed E-state index contributed by atoms with van der Waals surface area (Å²) in [5, 5.41) is 3.24. The van der Waals surface area contributed by atoms with Gasteiger partial charge in [0.25, 0.3) is 0 Å². The van der Waals surface area contributed by atoms with E-state index in [2.05, 4.69) is 23.5 Å². The van der Waals surface area contributed by atoms with Gasteiger partial charge in [-0.2, -0.15) is 0 Å². The molecule has 0 saturated carbocycles. The summed E-state index contributed by atoms with van der Waals surface area (Å²) < 4.78 is 11.2. The molecule has 3 rings (SSSR count). The molecule has 2 heterocycles. The van der Waals surface area contributed by atoms with E-state index in [4.69, 9.17) is 9.47 Å². The highest BCUT2D eigenvalue weighted by Crippen LogP contribution is 2.38. The molecule has 0 spiro atoms. The van der Waals surface area contributed by atoms with Gasteiger partial charge in [-0.25, -0.2) is 0 Å². The number of hydrogen-bond donors (Lipinski definition) is 1. The van der Waals surface area contributed by atoms with Gasteiger partial charge in [0.2, 0.25) is 0 Å². The van der Waals surface area contributed by atoms with Crippen LogP contribution in [0.25, 0.3) is 0 Å². The van der Waals surface area contributed by atoms with Crippen molar-refractivity contribution < 1.29 is 9.47 Å².